The molecule has 0 aliphatic carbocycles. The zero-order valence-corrected chi connectivity index (χ0v) is 7.25. The molecular formula is C8H5NO3S. The van der Waals surface area contributed by atoms with E-state index in [1.54, 1.807) is 5.55 Å². The summed E-state index contributed by atoms with van der Waals surface area (Å²) in [5.74, 6) is -1.15. The third kappa shape index (κ3) is 1.50. The molecule has 0 aromatic rings. The molecule has 66 valence electrons. The molecule has 0 spiro atoms. The second-order valence-corrected chi connectivity index (χ2v) is 3.10. The van der Waals surface area contributed by atoms with Gasteiger partial charge in [-0.3, -0.25) is 0 Å². The van der Waals surface area contributed by atoms with Crippen molar-refractivity contribution in [2.45, 2.75) is 0 Å². The molecule has 2 aliphatic rings. The molecule has 0 atom stereocenters. The average Bonchev–Trinajstić information content (AvgIpc) is 2.17. The van der Waals surface area contributed by atoms with Crippen molar-refractivity contribution in [3.05, 3.63) is 34.8 Å². The molecule has 0 saturated heterocycles. The molecule has 0 aromatic carbocycles. The standard InChI is InChI=1S/C8H5NO3S/c10-8(11)7-1-5-3-13-4-9-6(5)2-12-7/h1-4H,(H,10,11). The van der Waals surface area contributed by atoms with Crippen LogP contribution in [0.4, 0.5) is 0 Å². The van der Waals surface area contributed by atoms with E-state index >= 15 is 0 Å². The Morgan fingerprint density at radius 2 is 2.46 bits per heavy atom. The van der Waals surface area contributed by atoms with Crippen LogP contribution >= 0.6 is 11.8 Å². The van der Waals surface area contributed by atoms with Gasteiger partial charge in [0.2, 0.25) is 5.76 Å². The molecule has 1 N–H and O–H groups in total. The monoisotopic (exact) mass is 195 g/mol. The second-order valence-electron chi connectivity index (χ2n) is 2.38. The number of rotatable bonds is 1. The van der Waals surface area contributed by atoms with Gasteiger partial charge in [0.25, 0.3) is 0 Å². The summed E-state index contributed by atoms with van der Waals surface area (Å²) >= 11 is 1.41. The fourth-order valence-electron chi connectivity index (χ4n) is 0.939. The number of carboxylic acids is 1. The maximum absolute atomic E-state index is 10.5. The highest BCUT2D eigenvalue weighted by Gasteiger charge is 2.17. The van der Waals surface area contributed by atoms with E-state index in [1.165, 1.54) is 24.1 Å². The third-order valence-corrected chi connectivity index (χ3v) is 2.16. The van der Waals surface area contributed by atoms with Crippen molar-refractivity contribution in [3.8, 4) is 0 Å². The van der Waals surface area contributed by atoms with Gasteiger partial charge in [-0.1, -0.05) is 11.8 Å². The molecule has 5 heteroatoms. The lowest BCUT2D eigenvalue weighted by Gasteiger charge is -2.13. The van der Waals surface area contributed by atoms with Crippen LogP contribution < -0.4 is 0 Å². The summed E-state index contributed by atoms with van der Waals surface area (Å²) < 4.78 is 4.84. The van der Waals surface area contributed by atoms with Crippen molar-refractivity contribution in [1.82, 2.24) is 0 Å². The molecule has 13 heavy (non-hydrogen) atoms. The highest BCUT2D eigenvalue weighted by molar-refractivity contribution is 8.14. The lowest BCUT2D eigenvalue weighted by atomic mass is 10.2. The number of hydrogen-bond acceptors (Lipinski definition) is 4. The normalized spacial score (nSPS) is 19.2. The zero-order chi connectivity index (χ0) is 9.26. The van der Waals surface area contributed by atoms with Gasteiger partial charge in [-0.05, 0) is 11.5 Å². The minimum atomic E-state index is -1.07. The van der Waals surface area contributed by atoms with E-state index in [0.29, 0.717) is 5.70 Å². The van der Waals surface area contributed by atoms with Crippen molar-refractivity contribution in [1.29, 1.82) is 0 Å². The Kier molecular flexibility index (Phi) is 1.94. The fourth-order valence-corrected chi connectivity index (χ4v) is 1.51. The van der Waals surface area contributed by atoms with Gasteiger partial charge >= 0.3 is 5.97 Å². The van der Waals surface area contributed by atoms with E-state index in [2.05, 4.69) is 4.99 Å². The maximum Gasteiger partial charge on any atom is 0.371 e. The topological polar surface area (TPSA) is 58.9 Å². The fraction of sp³-hybridized carbons (Fsp3) is 0. The van der Waals surface area contributed by atoms with Gasteiger partial charge in [-0.15, -0.1) is 0 Å². The summed E-state index contributed by atoms with van der Waals surface area (Å²) in [4.78, 5) is 14.5. The Balaban J connectivity index is 2.32. The van der Waals surface area contributed by atoms with Gasteiger partial charge in [-0.25, -0.2) is 9.79 Å². The van der Waals surface area contributed by atoms with Gasteiger partial charge in [-0.2, -0.15) is 0 Å². The summed E-state index contributed by atoms with van der Waals surface area (Å²) in [6.07, 6.45) is 2.80. The molecule has 0 amide bonds. The minimum Gasteiger partial charge on any atom is -0.475 e. The van der Waals surface area contributed by atoms with Crippen LogP contribution in [0, 0.1) is 0 Å². The number of carbonyl (C=O) groups is 1. The molecule has 0 bridgehead atoms. The highest BCUT2D eigenvalue weighted by Crippen LogP contribution is 2.27. The Labute approximate surface area is 78.3 Å². The Morgan fingerprint density at radius 3 is 3.23 bits per heavy atom. The zero-order valence-electron chi connectivity index (χ0n) is 6.43. The molecule has 0 fully saturated rings. The van der Waals surface area contributed by atoms with Crippen molar-refractivity contribution < 1.29 is 14.6 Å². The first-order chi connectivity index (χ1) is 6.27. The number of thioether (sulfide) groups is 1. The average molecular weight is 195 g/mol. The molecule has 2 aliphatic heterocycles. The van der Waals surface area contributed by atoms with E-state index in [4.69, 9.17) is 9.84 Å². The van der Waals surface area contributed by atoms with Crippen molar-refractivity contribution >= 4 is 23.3 Å². The first-order valence-electron chi connectivity index (χ1n) is 3.48. The van der Waals surface area contributed by atoms with Crippen LogP contribution in [0.2, 0.25) is 0 Å². The number of hydrogen-bond donors (Lipinski definition) is 1. The van der Waals surface area contributed by atoms with Crippen molar-refractivity contribution in [2.24, 2.45) is 4.99 Å². The lowest BCUT2D eigenvalue weighted by molar-refractivity contribution is -0.135. The highest BCUT2D eigenvalue weighted by atomic mass is 32.2. The van der Waals surface area contributed by atoms with Crippen LogP contribution in [-0.2, 0) is 9.53 Å². The van der Waals surface area contributed by atoms with Gasteiger partial charge in [0.1, 0.15) is 12.0 Å². The largest absolute Gasteiger partial charge is 0.475 e. The number of nitrogens with zero attached hydrogens (tertiary/aromatic N) is 1. The predicted molar refractivity (Wildman–Crippen MR) is 49.1 cm³/mol. The molecule has 0 aromatic heterocycles. The minimum absolute atomic E-state index is 0.0762. The third-order valence-electron chi connectivity index (χ3n) is 1.54. The van der Waals surface area contributed by atoms with E-state index in [0.717, 1.165) is 5.57 Å². The van der Waals surface area contributed by atoms with Gasteiger partial charge in [0.15, 0.2) is 0 Å². The SMILES string of the molecule is O=C(O)C1=CC2=CSC=NC2=CO1. The van der Waals surface area contributed by atoms with Crippen molar-refractivity contribution in [3.63, 3.8) is 0 Å². The summed E-state index contributed by atoms with van der Waals surface area (Å²) in [6, 6.07) is 0. The van der Waals surface area contributed by atoms with E-state index < -0.39 is 5.97 Å². The Bertz CT molecular complexity index is 379. The van der Waals surface area contributed by atoms with Gasteiger partial charge < -0.3 is 9.84 Å². The van der Waals surface area contributed by atoms with Gasteiger partial charge in [0.05, 0.1) is 5.55 Å². The van der Waals surface area contributed by atoms with E-state index in [9.17, 15) is 4.79 Å². The van der Waals surface area contributed by atoms with Crippen LogP contribution in [0.5, 0.6) is 0 Å². The second kappa shape index (κ2) is 3.10. The molecule has 2 rings (SSSR count). The summed E-state index contributed by atoms with van der Waals surface area (Å²) in [5, 5.41) is 10.5. The maximum atomic E-state index is 10.5. The first-order valence-corrected chi connectivity index (χ1v) is 4.42. The lowest BCUT2D eigenvalue weighted by Crippen LogP contribution is -2.07. The summed E-state index contributed by atoms with van der Waals surface area (Å²) in [7, 11) is 0. The van der Waals surface area contributed by atoms with E-state index in [-0.39, 0.29) is 5.76 Å². The molecule has 4 nitrogen and oxygen atoms in total. The van der Waals surface area contributed by atoms with Gasteiger partial charge in [0, 0.05) is 5.57 Å². The number of allylic oxidation sites excluding steroid dienone is 1. The molecule has 0 saturated carbocycles. The number of aliphatic carboxylic acids is 1. The quantitative estimate of drug-likeness (QED) is 0.688. The molecule has 0 radical (unpaired) electrons. The van der Waals surface area contributed by atoms with Crippen molar-refractivity contribution in [2.75, 3.05) is 0 Å². The Hall–Kier alpha value is -1.49. The van der Waals surface area contributed by atoms with Crippen LogP contribution in [0.15, 0.2) is 39.8 Å². The smallest absolute Gasteiger partial charge is 0.371 e. The number of fused-ring (bicyclic) bond motifs is 1. The van der Waals surface area contributed by atoms with E-state index in [1.807, 2.05) is 5.41 Å². The Morgan fingerprint density at radius 1 is 1.62 bits per heavy atom. The summed E-state index contributed by atoms with van der Waals surface area (Å²) in [5.41, 5.74) is 3.10. The number of aliphatic imine (C=N–C) groups is 1. The first kappa shape index (κ1) is 8.12. The van der Waals surface area contributed by atoms with Crippen LogP contribution in [0.3, 0.4) is 0 Å². The number of ether oxygens (including phenoxy) is 1. The number of carboxylic acid groups (broad SMARTS) is 1. The molecule has 0 unspecified atom stereocenters. The molecule has 2 heterocycles. The summed E-state index contributed by atoms with van der Waals surface area (Å²) in [6.45, 7) is 0. The van der Waals surface area contributed by atoms with Crippen LogP contribution in [0.1, 0.15) is 0 Å². The molecular weight excluding hydrogens is 190 g/mol. The van der Waals surface area contributed by atoms with Crippen LogP contribution in [0.25, 0.3) is 0 Å². The van der Waals surface area contributed by atoms with Crippen LogP contribution in [-0.4, -0.2) is 16.6 Å². The predicted octanol–water partition coefficient (Wildman–Crippen LogP) is 1.49.